The molecular formula is C16H18ClN3O2. The van der Waals surface area contributed by atoms with Gasteiger partial charge in [-0.3, -0.25) is 4.79 Å². The highest BCUT2D eigenvalue weighted by Gasteiger charge is 2.33. The van der Waals surface area contributed by atoms with Gasteiger partial charge in [-0.2, -0.15) is 0 Å². The number of benzene rings is 1. The van der Waals surface area contributed by atoms with Crippen LogP contribution in [0.4, 0.5) is 0 Å². The third-order valence-electron chi connectivity index (χ3n) is 3.83. The molecule has 3 rings (SSSR count). The van der Waals surface area contributed by atoms with E-state index in [-0.39, 0.29) is 18.1 Å². The highest BCUT2D eigenvalue weighted by molar-refractivity contribution is 6.32. The average Bonchev–Trinajstić information content (AvgIpc) is 2.98. The van der Waals surface area contributed by atoms with Crippen LogP contribution in [0.5, 0.6) is 5.75 Å². The zero-order chi connectivity index (χ0) is 15.5. The number of hydrogen-bond acceptors (Lipinski definition) is 3. The predicted octanol–water partition coefficient (Wildman–Crippen LogP) is 2.78. The third kappa shape index (κ3) is 3.25. The minimum atomic E-state index is 0.0207. The molecule has 116 valence electrons. The van der Waals surface area contributed by atoms with Gasteiger partial charge in [0.05, 0.1) is 24.4 Å². The summed E-state index contributed by atoms with van der Waals surface area (Å²) in [5.74, 6) is 0.813. The fourth-order valence-corrected chi connectivity index (χ4v) is 2.63. The number of nitrogens with zero attached hydrogens (tertiary/aromatic N) is 3. The smallest absolute Gasteiger partial charge is 0.224 e. The maximum absolute atomic E-state index is 12.2. The molecule has 0 aliphatic carbocycles. The number of hydrogen-bond donors (Lipinski definition) is 0. The molecule has 6 heteroatoms. The molecule has 0 N–H and O–H groups in total. The lowest BCUT2D eigenvalue weighted by Gasteiger charge is -2.39. The Balaban J connectivity index is 1.47. The van der Waals surface area contributed by atoms with Crippen molar-refractivity contribution in [3.8, 4) is 5.75 Å². The second kappa shape index (κ2) is 6.40. The number of amides is 1. The van der Waals surface area contributed by atoms with Crippen molar-refractivity contribution in [2.75, 3.05) is 13.1 Å². The summed E-state index contributed by atoms with van der Waals surface area (Å²) < 4.78 is 7.74. The van der Waals surface area contributed by atoms with Crippen LogP contribution in [0.1, 0.15) is 19.4 Å². The molecule has 2 heterocycles. The zero-order valence-corrected chi connectivity index (χ0v) is 13.1. The number of carbonyl (C=O) groups is 1. The van der Waals surface area contributed by atoms with Gasteiger partial charge in [0.2, 0.25) is 5.91 Å². The fraction of sp³-hybridized carbons (Fsp3) is 0.375. The van der Waals surface area contributed by atoms with Gasteiger partial charge in [0.15, 0.2) is 0 Å². The van der Waals surface area contributed by atoms with Gasteiger partial charge in [-0.15, -0.1) is 0 Å². The predicted molar refractivity (Wildman–Crippen MR) is 84.0 cm³/mol. The van der Waals surface area contributed by atoms with Crippen LogP contribution in [0.3, 0.4) is 0 Å². The van der Waals surface area contributed by atoms with Gasteiger partial charge in [-0.25, -0.2) is 4.98 Å². The molecule has 0 saturated carbocycles. The van der Waals surface area contributed by atoms with E-state index in [2.05, 4.69) is 4.98 Å². The van der Waals surface area contributed by atoms with Crippen molar-refractivity contribution in [3.63, 3.8) is 0 Å². The SMILES string of the molecule is C[C@@H](CC(=O)N1CC(Oc2ccccc2Cl)C1)n1ccnc1. The minimum Gasteiger partial charge on any atom is -0.485 e. The van der Waals surface area contributed by atoms with Crippen LogP contribution in [0, 0.1) is 0 Å². The zero-order valence-electron chi connectivity index (χ0n) is 12.4. The Morgan fingerprint density at radius 2 is 2.23 bits per heavy atom. The van der Waals surface area contributed by atoms with Gasteiger partial charge in [-0.05, 0) is 19.1 Å². The number of imidazole rings is 1. The topological polar surface area (TPSA) is 47.4 Å². The lowest BCUT2D eigenvalue weighted by atomic mass is 10.1. The van der Waals surface area contributed by atoms with E-state index in [4.69, 9.17) is 16.3 Å². The normalized spacial score (nSPS) is 16.2. The first-order chi connectivity index (χ1) is 10.6. The Morgan fingerprint density at radius 1 is 1.45 bits per heavy atom. The van der Waals surface area contributed by atoms with E-state index in [0.717, 1.165) is 0 Å². The van der Waals surface area contributed by atoms with Crippen molar-refractivity contribution in [2.45, 2.75) is 25.5 Å². The molecular weight excluding hydrogens is 302 g/mol. The highest BCUT2D eigenvalue weighted by atomic mass is 35.5. The first kappa shape index (κ1) is 14.9. The molecule has 0 bridgehead atoms. The first-order valence-electron chi connectivity index (χ1n) is 7.30. The quantitative estimate of drug-likeness (QED) is 0.851. The Bertz CT molecular complexity index is 639. The van der Waals surface area contributed by atoms with Gasteiger partial charge in [0.25, 0.3) is 0 Å². The molecule has 1 aliphatic rings. The Morgan fingerprint density at radius 3 is 2.91 bits per heavy atom. The number of ether oxygens (including phenoxy) is 1. The van der Waals surface area contributed by atoms with Crippen LogP contribution in [0.15, 0.2) is 43.0 Å². The second-order valence-electron chi connectivity index (χ2n) is 5.53. The van der Waals surface area contributed by atoms with Crippen molar-refractivity contribution in [1.82, 2.24) is 14.5 Å². The van der Waals surface area contributed by atoms with Gasteiger partial charge in [0, 0.05) is 24.9 Å². The molecule has 2 aromatic rings. The summed E-state index contributed by atoms with van der Waals surface area (Å²) in [4.78, 5) is 18.0. The largest absolute Gasteiger partial charge is 0.485 e. The van der Waals surface area contributed by atoms with Crippen molar-refractivity contribution >= 4 is 17.5 Å². The number of aromatic nitrogens is 2. The summed E-state index contributed by atoms with van der Waals surface area (Å²) in [5.41, 5.74) is 0. The van der Waals surface area contributed by atoms with Crippen molar-refractivity contribution in [2.24, 2.45) is 0 Å². The highest BCUT2D eigenvalue weighted by Crippen LogP contribution is 2.27. The summed E-state index contributed by atoms with van der Waals surface area (Å²) in [5, 5.41) is 0.598. The second-order valence-corrected chi connectivity index (χ2v) is 5.94. The van der Waals surface area contributed by atoms with Crippen LogP contribution in [0.2, 0.25) is 5.02 Å². The first-order valence-corrected chi connectivity index (χ1v) is 7.67. The lowest BCUT2D eigenvalue weighted by Crippen LogP contribution is -2.56. The van der Waals surface area contributed by atoms with E-state index in [9.17, 15) is 4.79 Å². The van der Waals surface area contributed by atoms with Gasteiger partial charge in [-0.1, -0.05) is 23.7 Å². The molecule has 22 heavy (non-hydrogen) atoms. The van der Waals surface area contributed by atoms with Crippen LogP contribution in [-0.4, -0.2) is 39.6 Å². The Hall–Kier alpha value is -2.01. The summed E-state index contributed by atoms with van der Waals surface area (Å²) >= 11 is 6.06. The monoisotopic (exact) mass is 319 g/mol. The van der Waals surface area contributed by atoms with Crippen molar-refractivity contribution < 1.29 is 9.53 Å². The average molecular weight is 320 g/mol. The van der Waals surface area contributed by atoms with Gasteiger partial charge in [0.1, 0.15) is 11.9 Å². The molecule has 1 saturated heterocycles. The standard InChI is InChI=1S/C16H18ClN3O2/c1-12(19-7-6-18-11-19)8-16(21)20-9-13(10-20)22-15-5-3-2-4-14(15)17/h2-7,11-13H,8-10H2,1H3/t12-/m0/s1. The molecule has 1 aromatic heterocycles. The number of likely N-dealkylation sites (tertiary alicyclic amines) is 1. The summed E-state index contributed by atoms with van der Waals surface area (Å²) in [6, 6.07) is 7.50. The number of carbonyl (C=O) groups excluding carboxylic acids is 1. The summed E-state index contributed by atoms with van der Waals surface area (Å²) in [7, 11) is 0. The molecule has 1 atom stereocenters. The van der Waals surface area contributed by atoms with Gasteiger partial charge >= 0.3 is 0 Å². The van der Waals surface area contributed by atoms with Crippen LogP contribution >= 0.6 is 11.6 Å². The molecule has 1 aliphatic heterocycles. The minimum absolute atomic E-state index is 0.0207. The number of halogens is 1. The summed E-state index contributed by atoms with van der Waals surface area (Å²) in [6.45, 7) is 3.23. The van der Waals surface area contributed by atoms with Crippen LogP contribution < -0.4 is 4.74 Å². The lowest BCUT2D eigenvalue weighted by molar-refractivity contribution is -0.140. The van der Waals surface area contributed by atoms with Gasteiger partial charge < -0.3 is 14.2 Å². The molecule has 1 fully saturated rings. The molecule has 0 spiro atoms. The molecule has 1 amide bonds. The molecule has 0 unspecified atom stereocenters. The molecule has 1 aromatic carbocycles. The summed E-state index contributed by atoms with van der Waals surface area (Å²) in [6.07, 6.45) is 5.81. The van der Waals surface area contributed by atoms with E-state index in [0.29, 0.717) is 30.3 Å². The number of rotatable bonds is 5. The van der Waals surface area contributed by atoms with Crippen LogP contribution in [0.25, 0.3) is 0 Å². The van der Waals surface area contributed by atoms with E-state index >= 15 is 0 Å². The molecule has 5 nitrogen and oxygen atoms in total. The maximum atomic E-state index is 12.2. The Labute approximate surface area is 134 Å². The van der Waals surface area contributed by atoms with E-state index < -0.39 is 0 Å². The van der Waals surface area contributed by atoms with Crippen molar-refractivity contribution in [3.05, 3.63) is 48.0 Å². The molecule has 0 radical (unpaired) electrons. The van der Waals surface area contributed by atoms with E-state index in [1.165, 1.54) is 0 Å². The van der Waals surface area contributed by atoms with Crippen molar-refractivity contribution in [1.29, 1.82) is 0 Å². The number of para-hydroxylation sites is 1. The van der Waals surface area contributed by atoms with E-state index in [1.807, 2.05) is 40.8 Å². The van der Waals surface area contributed by atoms with Crippen LogP contribution in [-0.2, 0) is 4.79 Å². The van der Waals surface area contributed by atoms with E-state index in [1.54, 1.807) is 18.6 Å². The fourth-order valence-electron chi connectivity index (χ4n) is 2.45. The third-order valence-corrected chi connectivity index (χ3v) is 4.15. The Kier molecular flexibility index (Phi) is 4.34. The maximum Gasteiger partial charge on any atom is 0.224 e.